The van der Waals surface area contributed by atoms with Crippen molar-refractivity contribution in [1.82, 2.24) is 0 Å². The lowest BCUT2D eigenvalue weighted by Gasteiger charge is -1.98. The van der Waals surface area contributed by atoms with E-state index in [-0.39, 0.29) is 11.9 Å². The topological polar surface area (TPSA) is 12.5 Å². The summed E-state index contributed by atoms with van der Waals surface area (Å²) in [4.78, 5) is 0. The largest absolute Gasteiger partial charge is 0.368 e. The molecule has 1 aliphatic rings. The fourth-order valence-corrected chi connectivity index (χ4v) is 1.28. The zero-order chi connectivity index (χ0) is 7.84. The summed E-state index contributed by atoms with van der Waals surface area (Å²) in [5, 5.41) is 0.451. The van der Waals surface area contributed by atoms with Gasteiger partial charge < -0.3 is 4.74 Å². The molecule has 0 saturated carbocycles. The maximum atomic E-state index is 12.5. The third-order valence-corrected chi connectivity index (χ3v) is 1.97. The summed E-state index contributed by atoms with van der Waals surface area (Å²) in [5.74, 6) is -0.306. The van der Waals surface area contributed by atoms with Gasteiger partial charge in [-0.25, -0.2) is 4.39 Å². The van der Waals surface area contributed by atoms with Gasteiger partial charge in [-0.15, -0.1) is 0 Å². The number of hydrogen-bond acceptors (Lipinski definition) is 1. The lowest BCUT2D eigenvalue weighted by Crippen LogP contribution is -1.83. The van der Waals surface area contributed by atoms with Crippen molar-refractivity contribution in [2.45, 2.75) is 6.10 Å². The van der Waals surface area contributed by atoms with Gasteiger partial charge in [0.15, 0.2) is 0 Å². The number of rotatable bonds is 1. The number of halogens is 2. The zero-order valence-corrected chi connectivity index (χ0v) is 6.44. The van der Waals surface area contributed by atoms with Crippen LogP contribution in [-0.2, 0) is 4.74 Å². The van der Waals surface area contributed by atoms with Gasteiger partial charge in [-0.1, -0.05) is 17.7 Å². The number of benzene rings is 1. The Morgan fingerprint density at radius 2 is 2.27 bits per heavy atom. The van der Waals surface area contributed by atoms with E-state index in [1.807, 2.05) is 0 Å². The van der Waals surface area contributed by atoms with Crippen LogP contribution in [0.25, 0.3) is 0 Å². The van der Waals surface area contributed by atoms with Crippen molar-refractivity contribution in [2.24, 2.45) is 0 Å². The highest BCUT2D eigenvalue weighted by Crippen LogP contribution is 2.34. The summed E-state index contributed by atoms with van der Waals surface area (Å²) in [7, 11) is 0. The van der Waals surface area contributed by atoms with E-state index in [1.165, 1.54) is 12.1 Å². The molecule has 0 radical (unpaired) electrons. The van der Waals surface area contributed by atoms with Crippen molar-refractivity contribution in [1.29, 1.82) is 0 Å². The fraction of sp³-hybridized carbons (Fsp3) is 0.250. The van der Waals surface area contributed by atoms with E-state index >= 15 is 0 Å². The predicted molar refractivity (Wildman–Crippen MR) is 40.1 cm³/mol. The molecule has 1 aliphatic heterocycles. The van der Waals surface area contributed by atoms with E-state index in [0.29, 0.717) is 11.6 Å². The van der Waals surface area contributed by atoms with Crippen LogP contribution in [0.1, 0.15) is 11.7 Å². The van der Waals surface area contributed by atoms with Crippen LogP contribution in [0.3, 0.4) is 0 Å². The number of ether oxygens (including phenoxy) is 1. The van der Waals surface area contributed by atoms with Gasteiger partial charge >= 0.3 is 0 Å². The van der Waals surface area contributed by atoms with Crippen molar-refractivity contribution in [3.63, 3.8) is 0 Å². The smallest absolute Gasteiger partial charge is 0.124 e. The third-order valence-electron chi connectivity index (χ3n) is 1.64. The molecule has 0 aromatic heterocycles. The molecule has 1 fully saturated rings. The molecule has 0 unspecified atom stereocenters. The van der Waals surface area contributed by atoms with Gasteiger partial charge in [0.05, 0.1) is 6.61 Å². The highest BCUT2D eigenvalue weighted by atomic mass is 35.5. The standard InChI is InChI=1S/C8H6ClFO/c9-7-3-5(10)1-2-6(7)8-4-11-8/h1-3,8H,4H2/t8-/m0/s1. The van der Waals surface area contributed by atoms with Crippen LogP contribution < -0.4 is 0 Å². The molecule has 1 atom stereocenters. The molecule has 1 aromatic rings. The van der Waals surface area contributed by atoms with Gasteiger partial charge in [0.2, 0.25) is 0 Å². The maximum Gasteiger partial charge on any atom is 0.124 e. The minimum absolute atomic E-state index is 0.100. The Bertz CT molecular complexity index is 283. The van der Waals surface area contributed by atoms with Gasteiger partial charge in [0, 0.05) is 10.6 Å². The van der Waals surface area contributed by atoms with Crippen molar-refractivity contribution in [3.8, 4) is 0 Å². The van der Waals surface area contributed by atoms with E-state index in [9.17, 15) is 4.39 Å². The molecule has 0 N–H and O–H groups in total. The first-order valence-electron chi connectivity index (χ1n) is 3.34. The summed E-state index contributed by atoms with van der Waals surface area (Å²) < 4.78 is 17.5. The highest BCUT2D eigenvalue weighted by molar-refractivity contribution is 6.31. The molecule has 2 rings (SSSR count). The maximum absolute atomic E-state index is 12.5. The minimum atomic E-state index is -0.306. The second-order valence-corrected chi connectivity index (χ2v) is 2.90. The van der Waals surface area contributed by atoms with Crippen LogP contribution in [0.5, 0.6) is 0 Å². The molecular formula is C8H6ClFO. The third kappa shape index (κ3) is 1.37. The second-order valence-electron chi connectivity index (χ2n) is 2.49. The van der Waals surface area contributed by atoms with Crippen molar-refractivity contribution >= 4 is 11.6 Å². The van der Waals surface area contributed by atoms with Gasteiger partial charge in [-0.3, -0.25) is 0 Å². The highest BCUT2D eigenvalue weighted by Gasteiger charge is 2.26. The molecule has 0 bridgehead atoms. The van der Waals surface area contributed by atoms with Crippen molar-refractivity contribution < 1.29 is 9.13 Å². The minimum Gasteiger partial charge on any atom is -0.368 e. The Hall–Kier alpha value is -0.600. The number of hydrogen-bond donors (Lipinski definition) is 0. The number of epoxide rings is 1. The molecule has 1 heterocycles. The van der Waals surface area contributed by atoms with Crippen LogP contribution in [0.15, 0.2) is 18.2 Å². The molecule has 1 saturated heterocycles. The Morgan fingerprint density at radius 1 is 1.55 bits per heavy atom. The van der Waals surface area contributed by atoms with Crippen LogP contribution in [0.2, 0.25) is 5.02 Å². The first-order chi connectivity index (χ1) is 5.27. The predicted octanol–water partition coefficient (Wildman–Crippen LogP) is 2.55. The molecule has 11 heavy (non-hydrogen) atoms. The molecule has 0 amide bonds. The molecule has 0 aliphatic carbocycles. The molecular weight excluding hydrogens is 167 g/mol. The molecule has 1 aromatic carbocycles. The van der Waals surface area contributed by atoms with Crippen LogP contribution in [0, 0.1) is 5.82 Å². The monoisotopic (exact) mass is 172 g/mol. The first-order valence-corrected chi connectivity index (χ1v) is 3.72. The summed E-state index contributed by atoms with van der Waals surface area (Å²) in [5.41, 5.74) is 0.882. The van der Waals surface area contributed by atoms with Gasteiger partial charge in [-0.2, -0.15) is 0 Å². The Labute approximate surface area is 68.7 Å². The van der Waals surface area contributed by atoms with E-state index in [2.05, 4.69) is 0 Å². The van der Waals surface area contributed by atoms with Crippen molar-refractivity contribution in [2.75, 3.05) is 6.61 Å². The van der Waals surface area contributed by atoms with Crippen LogP contribution in [-0.4, -0.2) is 6.61 Å². The van der Waals surface area contributed by atoms with E-state index in [4.69, 9.17) is 16.3 Å². The lowest BCUT2D eigenvalue weighted by atomic mass is 10.2. The van der Waals surface area contributed by atoms with Crippen LogP contribution >= 0.6 is 11.6 Å². The molecule has 0 spiro atoms. The summed E-state index contributed by atoms with van der Waals surface area (Å²) in [6.07, 6.45) is 0.100. The second kappa shape index (κ2) is 2.47. The molecule has 3 heteroatoms. The van der Waals surface area contributed by atoms with Gasteiger partial charge in [0.25, 0.3) is 0 Å². The van der Waals surface area contributed by atoms with E-state index in [1.54, 1.807) is 6.07 Å². The summed E-state index contributed by atoms with van der Waals surface area (Å²) in [6, 6.07) is 4.36. The normalized spacial score (nSPS) is 21.8. The Morgan fingerprint density at radius 3 is 2.82 bits per heavy atom. The van der Waals surface area contributed by atoms with Gasteiger partial charge in [0.1, 0.15) is 11.9 Å². The Kier molecular flexibility index (Phi) is 1.59. The SMILES string of the molecule is Fc1ccc([C@@H]2CO2)c(Cl)c1. The summed E-state index contributed by atoms with van der Waals surface area (Å²) >= 11 is 5.74. The van der Waals surface area contributed by atoms with Crippen LogP contribution in [0.4, 0.5) is 4.39 Å². The first kappa shape index (κ1) is 7.07. The zero-order valence-electron chi connectivity index (χ0n) is 5.68. The fourth-order valence-electron chi connectivity index (χ4n) is 0.990. The lowest BCUT2D eigenvalue weighted by molar-refractivity contribution is 0.415. The average molecular weight is 173 g/mol. The molecule has 1 nitrogen and oxygen atoms in total. The van der Waals surface area contributed by atoms with E-state index in [0.717, 1.165) is 5.56 Å². The average Bonchev–Trinajstić information content (AvgIpc) is 2.70. The quantitative estimate of drug-likeness (QED) is 0.593. The summed E-state index contributed by atoms with van der Waals surface area (Å²) in [6.45, 7) is 0.700. The van der Waals surface area contributed by atoms with Gasteiger partial charge in [-0.05, 0) is 12.1 Å². The Balaban J connectivity index is 2.39. The molecule has 58 valence electrons. The van der Waals surface area contributed by atoms with E-state index < -0.39 is 0 Å². The van der Waals surface area contributed by atoms with Crippen molar-refractivity contribution in [3.05, 3.63) is 34.6 Å².